The number of nitrogens with zero attached hydrogens (tertiary/aromatic N) is 3. The van der Waals surface area contributed by atoms with Gasteiger partial charge in [-0.1, -0.05) is 18.2 Å². The van der Waals surface area contributed by atoms with Crippen molar-refractivity contribution < 1.29 is 37.5 Å². The van der Waals surface area contributed by atoms with Crippen LogP contribution in [0.1, 0.15) is 67.9 Å². The topological polar surface area (TPSA) is 92.0 Å². The Morgan fingerprint density at radius 2 is 1.89 bits per heavy atom. The number of aryl methyl sites for hydroxylation is 1. The number of carboxylic acids is 1. The summed E-state index contributed by atoms with van der Waals surface area (Å²) in [5, 5.41) is 9.27. The zero-order chi connectivity index (χ0) is 27.5. The van der Waals surface area contributed by atoms with Crippen molar-refractivity contribution in [2.24, 2.45) is 0 Å². The number of carboxylic acid groups (broad SMARTS) is 1. The van der Waals surface area contributed by atoms with Crippen LogP contribution in [0.15, 0.2) is 36.5 Å². The highest BCUT2D eigenvalue weighted by atomic mass is 19.3. The Balaban J connectivity index is 1.87. The van der Waals surface area contributed by atoms with Crippen molar-refractivity contribution in [2.45, 2.75) is 59.2 Å². The maximum Gasteiger partial charge on any atom is 0.596 e. The maximum absolute atomic E-state index is 14.1. The number of hydrogen-bond acceptors (Lipinski definition) is 6. The molecule has 1 atom stereocenters. The molecule has 1 aromatic carbocycles. The van der Waals surface area contributed by atoms with E-state index in [1.54, 1.807) is 29.7 Å². The van der Waals surface area contributed by atoms with Gasteiger partial charge in [0, 0.05) is 26.0 Å². The first-order chi connectivity index (χ1) is 17.1. The van der Waals surface area contributed by atoms with Gasteiger partial charge in [-0.25, -0.2) is 18.6 Å². The largest absolute Gasteiger partial charge is 0.596 e. The Morgan fingerprint density at radius 3 is 2.46 bits per heavy atom. The first-order valence-corrected chi connectivity index (χ1v) is 12.0. The summed E-state index contributed by atoms with van der Waals surface area (Å²) in [6, 6.07) is 7.64. The molecule has 10 heteroatoms. The zero-order valence-corrected chi connectivity index (χ0v) is 22.0. The molecule has 200 valence electrons. The van der Waals surface area contributed by atoms with Crippen molar-refractivity contribution in [2.75, 3.05) is 26.2 Å². The summed E-state index contributed by atoms with van der Waals surface area (Å²) in [4.78, 5) is 30.0. The molecule has 1 amide bonds. The van der Waals surface area contributed by atoms with Crippen LogP contribution in [0.5, 0.6) is 5.75 Å². The minimum absolute atomic E-state index is 0.0833. The van der Waals surface area contributed by atoms with Crippen LogP contribution in [-0.2, 0) is 10.7 Å². The quantitative estimate of drug-likeness (QED) is 0.513. The molecule has 8 nitrogen and oxygen atoms in total. The fourth-order valence-electron chi connectivity index (χ4n) is 4.10. The fourth-order valence-corrected chi connectivity index (χ4v) is 4.10. The smallest absolute Gasteiger partial charge is 0.483 e. The van der Waals surface area contributed by atoms with E-state index in [1.165, 1.54) is 18.3 Å². The summed E-state index contributed by atoms with van der Waals surface area (Å²) in [5.74, 6) is -3.84. The molecule has 0 saturated heterocycles. The first kappa shape index (κ1) is 28.2. The molecule has 3 rings (SSSR count). The van der Waals surface area contributed by atoms with E-state index in [9.17, 15) is 23.5 Å². The molecule has 0 radical (unpaired) electrons. The number of ether oxygens (including phenoxy) is 2. The molecule has 2 heterocycles. The second-order valence-corrected chi connectivity index (χ2v) is 10.4. The Labute approximate surface area is 215 Å². The normalized spacial score (nSPS) is 15.9. The number of amides is 1. The van der Waals surface area contributed by atoms with E-state index in [4.69, 9.17) is 9.47 Å². The summed E-state index contributed by atoms with van der Waals surface area (Å²) < 4.78 is 41.5. The molecule has 0 saturated carbocycles. The van der Waals surface area contributed by atoms with Crippen LogP contribution in [-0.4, -0.2) is 69.1 Å². The third-order valence-corrected chi connectivity index (χ3v) is 5.89. The summed E-state index contributed by atoms with van der Waals surface area (Å²) in [7, 11) is 0. The average molecular weight is 519 g/mol. The summed E-state index contributed by atoms with van der Waals surface area (Å²) in [6.45, 7) is 11.5. The monoisotopic (exact) mass is 518 g/mol. The van der Waals surface area contributed by atoms with Crippen LogP contribution in [0.25, 0.3) is 0 Å². The number of hydrogen-bond donors (Lipinski definition) is 1. The number of halogens is 2. The second kappa shape index (κ2) is 10.9. The van der Waals surface area contributed by atoms with E-state index in [0.29, 0.717) is 43.1 Å². The van der Waals surface area contributed by atoms with Crippen molar-refractivity contribution in [3.63, 3.8) is 0 Å². The number of carbonyl (C=O) groups excluding carboxylic acids is 1. The van der Waals surface area contributed by atoms with Crippen LogP contribution >= 0.6 is 0 Å². The van der Waals surface area contributed by atoms with E-state index in [0.717, 1.165) is 12.6 Å². The van der Waals surface area contributed by atoms with Gasteiger partial charge in [-0.3, -0.25) is 4.90 Å². The highest BCUT2D eigenvalue weighted by molar-refractivity contribution is 5.87. The maximum atomic E-state index is 14.1. The second-order valence-electron chi connectivity index (χ2n) is 10.4. The van der Waals surface area contributed by atoms with Gasteiger partial charge >= 0.3 is 12.1 Å². The third-order valence-electron chi connectivity index (χ3n) is 5.89. The molecule has 1 N–H and O–H groups in total. The minimum atomic E-state index is -3.02. The van der Waals surface area contributed by atoms with Crippen LogP contribution < -0.4 is 4.74 Å². The highest BCUT2D eigenvalue weighted by Crippen LogP contribution is 2.31. The average Bonchev–Trinajstić information content (AvgIpc) is 2.77. The predicted octanol–water partition coefficient (Wildman–Crippen LogP) is 5.04. The number of alkyl halides is 2. The van der Waals surface area contributed by atoms with Crippen LogP contribution in [0.2, 0.25) is 0 Å². The van der Waals surface area contributed by atoms with Crippen LogP contribution in [0.4, 0.5) is 13.6 Å². The lowest BCUT2D eigenvalue weighted by Crippen LogP contribution is -2.48. The molecule has 37 heavy (non-hydrogen) atoms. The van der Waals surface area contributed by atoms with Gasteiger partial charge in [0.05, 0.1) is 19.3 Å². The molecule has 1 unspecified atom stereocenters. The van der Waals surface area contributed by atoms with Gasteiger partial charge in [0.25, 0.3) is 5.92 Å². The van der Waals surface area contributed by atoms with Crippen LogP contribution in [0.3, 0.4) is 0 Å². The number of aromatic carboxylic acids is 1. The lowest BCUT2D eigenvalue weighted by Gasteiger charge is -2.30. The number of rotatable bonds is 7. The van der Waals surface area contributed by atoms with Crippen molar-refractivity contribution in [3.8, 4) is 5.75 Å². The van der Waals surface area contributed by atoms with Gasteiger partial charge in [-0.15, -0.1) is 4.58 Å². The van der Waals surface area contributed by atoms with Gasteiger partial charge in [0.1, 0.15) is 17.5 Å². The van der Waals surface area contributed by atoms with Gasteiger partial charge < -0.3 is 14.6 Å². The van der Waals surface area contributed by atoms with Crippen molar-refractivity contribution in [1.29, 1.82) is 0 Å². The molecule has 0 fully saturated rings. The molecule has 2 aromatic rings. The molecule has 0 bridgehead atoms. The Bertz CT molecular complexity index is 1200. The van der Waals surface area contributed by atoms with E-state index in [1.807, 2.05) is 27.7 Å². The zero-order valence-electron chi connectivity index (χ0n) is 22.0. The van der Waals surface area contributed by atoms with Gasteiger partial charge in [-0.05, 0) is 51.0 Å². The molecule has 0 aliphatic carbocycles. The van der Waals surface area contributed by atoms with Gasteiger partial charge in [0.15, 0.2) is 18.0 Å². The van der Waals surface area contributed by atoms with E-state index < -0.39 is 29.7 Å². The lowest BCUT2D eigenvalue weighted by molar-refractivity contribution is -0.458. The van der Waals surface area contributed by atoms with E-state index in [2.05, 4.69) is 9.88 Å². The SMILES string of the molecule is CC1=[N+](C(=O)OC(C)(C)C)CCN(CC(Oc2cnc(C(=O)O)c(C)c2)c2cccc(C(C)(F)F)c2)C1. The van der Waals surface area contributed by atoms with Gasteiger partial charge in [-0.2, -0.15) is 4.79 Å². The Kier molecular flexibility index (Phi) is 8.32. The molecular formula is C27H34F2N3O5+. The first-order valence-electron chi connectivity index (χ1n) is 12.0. The number of aromatic nitrogens is 1. The predicted molar refractivity (Wildman–Crippen MR) is 134 cm³/mol. The summed E-state index contributed by atoms with van der Waals surface area (Å²) >= 11 is 0. The van der Waals surface area contributed by atoms with Crippen LogP contribution in [0, 0.1) is 6.92 Å². The summed E-state index contributed by atoms with van der Waals surface area (Å²) in [5.41, 5.74) is 0.948. The van der Waals surface area contributed by atoms with Gasteiger partial charge in [0.2, 0.25) is 0 Å². The number of benzene rings is 1. The van der Waals surface area contributed by atoms with Crippen molar-refractivity contribution >= 4 is 17.8 Å². The lowest BCUT2D eigenvalue weighted by atomic mass is 10.0. The molecule has 0 spiro atoms. The number of carbonyl (C=O) groups is 2. The molecule has 1 aliphatic heterocycles. The van der Waals surface area contributed by atoms with Crippen molar-refractivity contribution in [3.05, 3.63) is 58.9 Å². The third kappa shape index (κ3) is 7.55. The van der Waals surface area contributed by atoms with E-state index in [-0.39, 0.29) is 11.3 Å². The Morgan fingerprint density at radius 1 is 1.19 bits per heavy atom. The van der Waals surface area contributed by atoms with E-state index >= 15 is 0 Å². The summed E-state index contributed by atoms with van der Waals surface area (Å²) in [6.07, 6.45) is 0.259. The minimum Gasteiger partial charge on any atom is -0.483 e. The standard InChI is InChI=1S/C27H33F2N3O5/c1-17-12-21(14-30-23(17)24(33)34)36-22(19-8-7-9-20(13-19)27(6,28)29)16-31-10-11-32(18(2)15-31)25(35)37-26(3,4)5/h7-9,12-14,22H,10-11,15-16H2,1-6H3/p+1. The number of pyridine rings is 1. The Hall–Kier alpha value is -3.40. The van der Waals surface area contributed by atoms with Crippen molar-refractivity contribution in [1.82, 2.24) is 9.88 Å². The highest BCUT2D eigenvalue weighted by Gasteiger charge is 2.34. The molecule has 1 aliphatic rings. The molecular weight excluding hydrogens is 484 g/mol. The fraction of sp³-hybridized carbons (Fsp3) is 0.481. The molecule has 1 aromatic heterocycles.